The number of methoxy groups -OCH3 is 1. The zero-order valence-corrected chi connectivity index (χ0v) is 14.7. The van der Waals surface area contributed by atoms with Crippen LogP contribution < -0.4 is 15.5 Å². The van der Waals surface area contributed by atoms with E-state index in [-0.39, 0.29) is 17.5 Å². The molecule has 0 heterocycles. The number of carbonyl (C=O) groups excluding carboxylic acids is 2. The molecule has 0 saturated carbocycles. The molecule has 27 heavy (non-hydrogen) atoms. The van der Waals surface area contributed by atoms with Crippen molar-refractivity contribution in [3.63, 3.8) is 0 Å². The highest BCUT2D eigenvalue weighted by molar-refractivity contribution is 6.35. The number of nitro groups is 1. The van der Waals surface area contributed by atoms with Crippen molar-refractivity contribution in [3.05, 3.63) is 69.8 Å². The van der Waals surface area contributed by atoms with Gasteiger partial charge in [-0.2, -0.15) is 5.10 Å². The van der Waals surface area contributed by atoms with Crippen LogP contribution in [0.5, 0.6) is 5.75 Å². The van der Waals surface area contributed by atoms with Crippen molar-refractivity contribution in [1.29, 1.82) is 0 Å². The van der Waals surface area contributed by atoms with Gasteiger partial charge in [0.25, 0.3) is 0 Å². The summed E-state index contributed by atoms with van der Waals surface area (Å²) in [7, 11) is 1.32. The van der Waals surface area contributed by atoms with Crippen molar-refractivity contribution in [2.45, 2.75) is 13.0 Å². The number of rotatable bonds is 6. The SMILES string of the molecule is COc1ccc(/C=N\NC(=O)C(=O)N[C@@H](C)c2ccccc2)cc1[N+](=O)[O-]. The average molecular weight is 370 g/mol. The molecule has 0 radical (unpaired) electrons. The van der Waals surface area contributed by atoms with Crippen molar-refractivity contribution >= 4 is 23.7 Å². The molecule has 9 nitrogen and oxygen atoms in total. The zero-order chi connectivity index (χ0) is 19.8. The van der Waals surface area contributed by atoms with Gasteiger partial charge in [-0.3, -0.25) is 19.7 Å². The number of nitrogens with one attached hydrogen (secondary N) is 2. The van der Waals surface area contributed by atoms with Crippen LogP contribution in [0.15, 0.2) is 53.6 Å². The van der Waals surface area contributed by atoms with E-state index < -0.39 is 16.7 Å². The molecule has 0 unspecified atom stereocenters. The number of carbonyl (C=O) groups is 2. The quantitative estimate of drug-likeness (QED) is 0.348. The van der Waals surface area contributed by atoms with Gasteiger partial charge in [-0.15, -0.1) is 0 Å². The first-order valence-corrected chi connectivity index (χ1v) is 7.93. The van der Waals surface area contributed by atoms with Crippen LogP contribution in [0.3, 0.4) is 0 Å². The Morgan fingerprint density at radius 1 is 1.19 bits per heavy atom. The maximum Gasteiger partial charge on any atom is 0.329 e. The number of hydrogen-bond acceptors (Lipinski definition) is 6. The summed E-state index contributed by atoms with van der Waals surface area (Å²) in [5, 5.41) is 17.2. The smallest absolute Gasteiger partial charge is 0.329 e. The third-order valence-corrected chi connectivity index (χ3v) is 3.63. The number of hydrogen-bond donors (Lipinski definition) is 2. The van der Waals surface area contributed by atoms with E-state index >= 15 is 0 Å². The van der Waals surface area contributed by atoms with Gasteiger partial charge in [-0.05, 0) is 24.6 Å². The van der Waals surface area contributed by atoms with Gasteiger partial charge in [0.15, 0.2) is 5.75 Å². The molecule has 0 fully saturated rings. The molecule has 2 amide bonds. The summed E-state index contributed by atoms with van der Waals surface area (Å²) < 4.78 is 4.90. The minimum absolute atomic E-state index is 0.107. The topological polar surface area (TPSA) is 123 Å². The second-order valence-corrected chi connectivity index (χ2v) is 5.49. The van der Waals surface area contributed by atoms with Gasteiger partial charge in [-0.1, -0.05) is 30.3 Å². The third-order valence-electron chi connectivity index (χ3n) is 3.63. The van der Waals surface area contributed by atoms with Crippen LogP contribution in [0.4, 0.5) is 5.69 Å². The summed E-state index contributed by atoms with van der Waals surface area (Å²) in [5.74, 6) is -1.68. The van der Waals surface area contributed by atoms with E-state index in [0.29, 0.717) is 5.56 Å². The molecule has 0 aliphatic carbocycles. The summed E-state index contributed by atoms with van der Waals surface area (Å²) in [5.41, 5.74) is 3.06. The number of nitro benzene ring substituents is 1. The molecular formula is C18H18N4O5. The van der Waals surface area contributed by atoms with Crippen LogP contribution in [0, 0.1) is 10.1 Å². The molecule has 0 aliphatic heterocycles. The summed E-state index contributed by atoms with van der Waals surface area (Å²) in [6, 6.07) is 13.0. The monoisotopic (exact) mass is 370 g/mol. The largest absolute Gasteiger partial charge is 0.490 e. The standard InChI is InChI=1S/C18H18N4O5/c1-12(14-6-4-3-5-7-14)20-17(23)18(24)21-19-11-13-8-9-16(27-2)15(10-13)22(25)26/h3-12H,1-2H3,(H,20,23)(H,21,24)/b19-11-/t12-/m0/s1. The number of amides is 2. The lowest BCUT2D eigenvalue weighted by atomic mass is 10.1. The fraction of sp³-hybridized carbons (Fsp3) is 0.167. The maximum absolute atomic E-state index is 11.9. The van der Waals surface area contributed by atoms with Crippen LogP contribution >= 0.6 is 0 Å². The van der Waals surface area contributed by atoms with Crippen molar-refractivity contribution in [2.24, 2.45) is 5.10 Å². The van der Waals surface area contributed by atoms with E-state index in [1.165, 1.54) is 31.5 Å². The van der Waals surface area contributed by atoms with E-state index in [2.05, 4.69) is 15.8 Å². The summed E-state index contributed by atoms with van der Waals surface area (Å²) in [6.07, 6.45) is 1.19. The summed E-state index contributed by atoms with van der Waals surface area (Å²) >= 11 is 0. The van der Waals surface area contributed by atoms with Crippen molar-refractivity contribution < 1.29 is 19.2 Å². The minimum Gasteiger partial charge on any atom is -0.490 e. The molecule has 0 bridgehead atoms. The van der Waals surface area contributed by atoms with Gasteiger partial charge >= 0.3 is 17.5 Å². The summed E-state index contributed by atoms with van der Waals surface area (Å²) in [6.45, 7) is 1.75. The normalized spacial score (nSPS) is 11.6. The molecule has 0 spiro atoms. The lowest BCUT2D eigenvalue weighted by molar-refractivity contribution is -0.385. The number of nitrogens with zero attached hydrogens (tertiary/aromatic N) is 2. The van der Waals surface area contributed by atoms with Crippen molar-refractivity contribution in [2.75, 3.05) is 7.11 Å². The second-order valence-electron chi connectivity index (χ2n) is 5.49. The highest BCUT2D eigenvalue weighted by Crippen LogP contribution is 2.26. The van der Waals surface area contributed by atoms with Gasteiger partial charge in [0.2, 0.25) is 0 Å². The van der Waals surface area contributed by atoms with E-state index in [9.17, 15) is 19.7 Å². The average Bonchev–Trinajstić information content (AvgIpc) is 2.68. The third kappa shape index (κ3) is 5.36. The van der Waals surface area contributed by atoms with Crippen LogP contribution in [-0.4, -0.2) is 30.1 Å². The molecule has 0 aliphatic rings. The Kier molecular flexibility index (Phi) is 6.59. The van der Waals surface area contributed by atoms with Crippen LogP contribution in [0.2, 0.25) is 0 Å². The summed E-state index contributed by atoms with van der Waals surface area (Å²) in [4.78, 5) is 34.1. The predicted molar refractivity (Wildman–Crippen MR) is 98.4 cm³/mol. The van der Waals surface area contributed by atoms with Gasteiger partial charge in [0.1, 0.15) is 0 Å². The zero-order valence-electron chi connectivity index (χ0n) is 14.7. The molecule has 2 N–H and O–H groups in total. The molecule has 2 rings (SSSR count). The van der Waals surface area contributed by atoms with Crippen molar-refractivity contribution in [1.82, 2.24) is 10.7 Å². The van der Waals surface area contributed by atoms with Gasteiger partial charge < -0.3 is 10.1 Å². The number of ether oxygens (including phenoxy) is 1. The molecule has 140 valence electrons. The lowest BCUT2D eigenvalue weighted by Crippen LogP contribution is -2.39. The first-order chi connectivity index (χ1) is 12.9. The molecule has 9 heteroatoms. The van der Waals surface area contributed by atoms with Crippen LogP contribution in [-0.2, 0) is 9.59 Å². The number of benzene rings is 2. The molecule has 1 atom stereocenters. The number of hydrazone groups is 1. The van der Waals surface area contributed by atoms with Gasteiger partial charge in [-0.25, -0.2) is 5.43 Å². The molecule has 2 aromatic rings. The van der Waals surface area contributed by atoms with Crippen molar-refractivity contribution in [3.8, 4) is 5.75 Å². The Morgan fingerprint density at radius 3 is 2.52 bits per heavy atom. The first-order valence-electron chi connectivity index (χ1n) is 7.93. The van der Waals surface area contributed by atoms with Gasteiger partial charge in [0.05, 0.1) is 24.3 Å². The Morgan fingerprint density at radius 2 is 1.89 bits per heavy atom. The fourth-order valence-corrected chi connectivity index (χ4v) is 2.23. The molecule has 0 saturated heterocycles. The van der Waals surface area contributed by atoms with E-state index in [1.807, 2.05) is 30.3 Å². The molecular weight excluding hydrogens is 352 g/mol. The minimum atomic E-state index is -0.947. The van der Waals surface area contributed by atoms with E-state index in [4.69, 9.17) is 4.74 Å². The Hall–Kier alpha value is -3.75. The highest BCUT2D eigenvalue weighted by Gasteiger charge is 2.17. The Labute approximate surface area is 155 Å². The Bertz CT molecular complexity index is 867. The van der Waals surface area contributed by atoms with Crippen LogP contribution in [0.25, 0.3) is 0 Å². The van der Waals surface area contributed by atoms with Gasteiger partial charge in [0, 0.05) is 11.6 Å². The van der Waals surface area contributed by atoms with Crippen LogP contribution in [0.1, 0.15) is 24.1 Å². The fourth-order valence-electron chi connectivity index (χ4n) is 2.23. The second kappa shape index (κ2) is 9.09. The predicted octanol–water partition coefficient (Wildman–Crippen LogP) is 1.93. The molecule has 0 aromatic heterocycles. The molecule has 2 aromatic carbocycles. The first kappa shape index (κ1) is 19.6. The van der Waals surface area contributed by atoms with E-state index in [1.54, 1.807) is 6.92 Å². The maximum atomic E-state index is 11.9. The highest BCUT2D eigenvalue weighted by atomic mass is 16.6. The van der Waals surface area contributed by atoms with E-state index in [0.717, 1.165) is 5.56 Å². The lowest BCUT2D eigenvalue weighted by Gasteiger charge is -2.13. The Balaban J connectivity index is 1.95.